The number of nitrogens with one attached hydrogen (secondary N) is 1. The maximum absolute atomic E-state index is 8.97. The van der Waals surface area contributed by atoms with Crippen molar-refractivity contribution in [3.63, 3.8) is 0 Å². The fourth-order valence-electron chi connectivity index (χ4n) is 2.49. The van der Waals surface area contributed by atoms with E-state index < -0.39 is 0 Å². The van der Waals surface area contributed by atoms with Crippen LogP contribution in [0.2, 0.25) is 0 Å². The van der Waals surface area contributed by atoms with Crippen molar-refractivity contribution in [3.8, 4) is 11.8 Å². The second-order valence-electron chi connectivity index (χ2n) is 5.94. The molecule has 0 heterocycles. The van der Waals surface area contributed by atoms with Crippen LogP contribution in [0.3, 0.4) is 0 Å². The van der Waals surface area contributed by atoms with Gasteiger partial charge >= 0.3 is 0 Å². The van der Waals surface area contributed by atoms with Crippen molar-refractivity contribution in [2.24, 2.45) is 0 Å². The number of ether oxygens (including phenoxy) is 1. The van der Waals surface area contributed by atoms with Crippen LogP contribution >= 0.6 is 12.2 Å². The minimum absolute atomic E-state index is 0.367. The standard InChI is InChI=1S/C20H23N3OS/c1-15(2)16-9-11-17(12-10-16)22-20(25)23(14-6-13-21)18-7-4-5-8-19(18)24-3/h4-5,7-12,15H,6,14H2,1-3H3,(H,22,25). The predicted molar refractivity (Wildman–Crippen MR) is 107 cm³/mol. The third kappa shape index (κ3) is 4.94. The Kier molecular flexibility index (Phi) is 6.79. The van der Waals surface area contributed by atoms with Crippen LogP contribution < -0.4 is 15.0 Å². The summed E-state index contributed by atoms with van der Waals surface area (Å²) < 4.78 is 5.44. The Morgan fingerprint density at radius 2 is 1.88 bits per heavy atom. The van der Waals surface area contributed by atoms with E-state index in [2.05, 4.69) is 37.4 Å². The number of benzene rings is 2. The molecule has 0 saturated carbocycles. The molecule has 1 N–H and O–H groups in total. The Morgan fingerprint density at radius 1 is 1.20 bits per heavy atom. The van der Waals surface area contributed by atoms with Gasteiger partial charge in [0.25, 0.3) is 0 Å². The first-order valence-corrected chi connectivity index (χ1v) is 8.66. The fraction of sp³-hybridized carbons (Fsp3) is 0.300. The largest absolute Gasteiger partial charge is 0.495 e. The number of nitrogens with zero attached hydrogens (tertiary/aromatic N) is 2. The van der Waals surface area contributed by atoms with Gasteiger partial charge in [-0.2, -0.15) is 5.26 Å². The molecule has 2 rings (SSSR count). The summed E-state index contributed by atoms with van der Waals surface area (Å²) in [5.74, 6) is 1.21. The van der Waals surface area contributed by atoms with Crippen LogP contribution in [-0.2, 0) is 0 Å². The van der Waals surface area contributed by atoms with Crippen molar-refractivity contribution >= 4 is 28.7 Å². The molecular weight excluding hydrogens is 330 g/mol. The number of nitriles is 1. The molecule has 0 amide bonds. The monoisotopic (exact) mass is 353 g/mol. The molecule has 130 valence electrons. The first-order chi connectivity index (χ1) is 12.1. The Hall–Kier alpha value is -2.58. The average molecular weight is 353 g/mol. The molecule has 0 aliphatic heterocycles. The Labute approximate surface area is 155 Å². The molecule has 0 unspecified atom stereocenters. The minimum Gasteiger partial charge on any atom is -0.495 e. The van der Waals surface area contributed by atoms with Crippen LogP contribution in [-0.4, -0.2) is 18.8 Å². The quantitative estimate of drug-likeness (QED) is 0.746. The van der Waals surface area contributed by atoms with E-state index in [9.17, 15) is 0 Å². The molecular formula is C20H23N3OS. The molecule has 0 spiro atoms. The molecule has 0 bridgehead atoms. The molecule has 0 fully saturated rings. The van der Waals surface area contributed by atoms with E-state index in [1.807, 2.05) is 41.3 Å². The van der Waals surface area contributed by atoms with Gasteiger partial charge in [0.15, 0.2) is 5.11 Å². The van der Waals surface area contributed by atoms with E-state index in [0.717, 1.165) is 17.1 Å². The van der Waals surface area contributed by atoms with Gasteiger partial charge in [-0.05, 0) is 48.0 Å². The highest BCUT2D eigenvalue weighted by Gasteiger charge is 2.16. The number of hydrogen-bond acceptors (Lipinski definition) is 3. The molecule has 2 aromatic rings. The maximum atomic E-state index is 8.97. The van der Waals surface area contributed by atoms with Gasteiger partial charge in [-0.3, -0.25) is 0 Å². The molecule has 4 nitrogen and oxygen atoms in total. The normalized spacial score (nSPS) is 10.2. The number of thiocarbonyl (C=S) groups is 1. The Bertz CT molecular complexity index is 750. The Balaban J connectivity index is 2.22. The number of hydrogen-bond donors (Lipinski definition) is 1. The number of para-hydroxylation sites is 2. The molecule has 0 radical (unpaired) electrons. The molecule has 25 heavy (non-hydrogen) atoms. The average Bonchev–Trinajstić information content (AvgIpc) is 2.63. The zero-order chi connectivity index (χ0) is 18.2. The highest BCUT2D eigenvalue weighted by atomic mass is 32.1. The van der Waals surface area contributed by atoms with E-state index in [0.29, 0.717) is 24.0 Å². The van der Waals surface area contributed by atoms with Crippen LogP contribution in [0.15, 0.2) is 48.5 Å². The smallest absolute Gasteiger partial charge is 0.178 e. The lowest BCUT2D eigenvalue weighted by atomic mass is 10.0. The van der Waals surface area contributed by atoms with Gasteiger partial charge in [0.05, 0.1) is 25.3 Å². The molecule has 0 aromatic heterocycles. The molecule has 5 heteroatoms. The summed E-state index contributed by atoms with van der Waals surface area (Å²) >= 11 is 5.59. The first-order valence-electron chi connectivity index (χ1n) is 8.25. The SMILES string of the molecule is COc1ccccc1N(CCC#N)C(=S)Nc1ccc(C(C)C)cc1. The van der Waals surface area contributed by atoms with Crippen LogP contribution in [0.5, 0.6) is 5.75 Å². The zero-order valence-electron chi connectivity index (χ0n) is 14.8. The summed E-state index contributed by atoms with van der Waals surface area (Å²) in [5, 5.41) is 12.8. The van der Waals surface area contributed by atoms with Crippen molar-refractivity contribution in [1.29, 1.82) is 5.26 Å². The second kappa shape index (κ2) is 9.05. The fourth-order valence-corrected chi connectivity index (χ4v) is 2.80. The first kappa shape index (κ1) is 18.8. The summed E-state index contributed by atoms with van der Waals surface area (Å²) in [6.45, 7) is 4.82. The minimum atomic E-state index is 0.367. The maximum Gasteiger partial charge on any atom is 0.178 e. The van der Waals surface area contributed by atoms with Crippen LogP contribution in [0.4, 0.5) is 11.4 Å². The number of anilines is 2. The van der Waals surface area contributed by atoms with Crippen molar-refractivity contribution in [3.05, 3.63) is 54.1 Å². The molecule has 0 atom stereocenters. The third-order valence-corrected chi connectivity index (χ3v) is 4.22. The van der Waals surface area contributed by atoms with E-state index in [4.69, 9.17) is 22.2 Å². The summed E-state index contributed by atoms with van der Waals surface area (Å²) in [7, 11) is 1.63. The predicted octanol–water partition coefficient (Wildman–Crippen LogP) is 4.94. The van der Waals surface area contributed by atoms with Gasteiger partial charge in [-0.1, -0.05) is 38.1 Å². The van der Waals surface area contributed by atoms with Crippen molar-refractivity contribution < 1.29 is 4.74 Å². The van der Waals surface area contributed by atoms with Crippen molar-refractivity contribution in [1.82, 2.24) is 0 Å². The van der Waals surface area contributed by atoms with Gasteiger partial charge in [0, 0.05) is 12.2 Å². The highest BCUT2D eigenvalue weighted by Crippen LogP contribution is 2.28. The van der Waals surface area contributed by atoms with Gasteiger partial charge in [-0.25, -0.2) is 0 Å². The number of methoxy groups -OCH3 is 1. The summed E-state index contributed by atoms with van der Waals surface area (Å²) in [6.07, 6.45) is 0.367. The molecule has 0 saturated heterocycles. The summed E-state index contributed by atoms with van der Waals surface area (Å²) in [6, 6.07) is 18.1. The molecule has 0 aliphatic rings. The van der Waals surface area contributed by atoms with Crippen molar-refractivity contribution in [2.45, 2.75) is 26.2 Å². The van der Waals surface area contributed by atoms with E-state index in [-0.39, 0.29) is 0 Å². The second-order valence-corrected chi connectivity index (χ2v) is 6.33. The Morgan fingerprint density at radius 3 is 2.48 bits per heavy atom. The van der Waals surface area contributed by atoms with E-state index >= 15 is 0 Å². The van der Waals surface area contributed by atoms with Gasteiger partial charge in [0.1, 0.15) is 5.75 Å². The lowest BCUT2D eigenvalue weighted by Crippen LogP contribution is -2.35. The van der Waals surface area contributed by atoms with Crippen molar-refractivity contribution in [2.75, 3.05) is 23.9 Å². The topological polar surface area (TPSA) is 48.3 Å². The lowest BCUT2D eigenvalue weighted by molar-refractivity contribution is 0.415. The zero-order valence-corrected chi connectivity index (χ0v) is 15.6. The van der Waals surface area contributed by atoms with Crippen LogP contribution in [0.1, 0.15) is 31.7 Å². The van der Waals surface area contributed by atoms with Crippen LogP contribution in [0.25, 0.3) is 0 Å². The van der Waals surface area contributed by atoms with E-state index in [1.165, 1.54) is 5.56 Å². The van der Waals surface area contributed by atoms with Gasteiger partial charge in [0.2, 0.25) is 0 Å². The van der Waals surface area contributed by atoms with Gasteiger partial charge < -0.3 is 15.0 Å². The third-order valence-electron chi connectivity index (χ3n) is 3.90. The molecule has 0 aliphatic carbocycles. The summed E-state index contributed by atoms with van der Waals surface area (Å²) in [4.78, 5) is 1.90. The van der Waals surface area contributed by atoms with E-state index in [1.54, 1.807) is 7.11 Å². The lowest BCUT2D eigenvalue weighted by Gasteiger charge is -2.26. The molecule has 2 aromatic carbocycles. The summed E-state index contributed by atoms with van der Waals surface area (Å²) in [5.41, 5.74) is 3.05. The van der Waals surface area contributed by atoms with Gasteiger partial charge in [-0.15, -0.1) is 0 Å². The number of rotatable bonds is 6. The van der Waals surface area contributed by atoms with Crippen LogP contribution in [0, 0.1) is 11.3 Å². The highest BCUT2D eigenvalue weighted by molar-refractivity contribution is 7.80.